The van der Waals surface area contributed by atoms with Gasteiger partial charge in [0.15, 0.2) is 0 Å². The maximum Gasteiger partial charge on any atom is 0.323 e. The predicted molar refractivity (Wildman–Crippen MR) is 56.7 cm³/mol. The van der Waals surface area contributed by atoms with Gasteiger partial charge >= 0.3 is 5.97 Å². The molecular weight excluding hydrogens is 210 g/mol. The van der Waals surface area contributed by atoms with E-state index in [1.807, 2.05) is 0 Å². The summed E-state index contributed by atoms with van der Waals surface area (Å²) in [5, 5.41) is 20.8. The molecule has 1 heterocycles. The zero-order valence-electron chi connectivity index (χ0n) is 9.21. The van der Waals surface area contributed by atoms with Crippen molar-refractivity contribution in [3.8, 4) is 0 Å². The van der Waals surface area contributed by atoms with E-state index in [1.165, 1.54) is 6.92 Å². The predicted octanol–water partition coefficient (Wildman–Crippen LogP) is -0.291. The molecule has 0 spiro atoms. The highest BCUT2D eigenvalue weighted by atomic mass is 16.4. The maximum atomic E-state index is 10.8. The topological polar surface area (TPSA) is 95.3 Å². The number of hydrogen-bond donors (Lipinski definition) is 3. The number of aliphatic carboxylic acids is 1. The van der Waals surface area contributed by atoms with E-state index >= 15 is 0 Å². The largest absolute Gasteiger partial charge is 0.480 e. The third-order valence-corrected chi connectivity index (χ3v) is 2.11. The van der Waals surface area contributed by atoms with Gasteiger partial charge < -0.3 is 10.2 Å². The van der Waals surface area contributed by atoms with Crippen LogP contribution in [0.1, 0.15) is 18.3 Å². The minimum absolute atomic E-state index is 0.308. The molecule has 0 saturated heterocycles. The smallest absolute Gasteiger partial charge is 0.323 e. The molecule has 6 heteroatoms. The fourth-order valence-corrected chi connectivity index (χ4v) is 1.20. The molecule has 0 aliphatic rings. The first-order valence-electron chi connectivity index (χ1n) is 4.92. The number of aryl methyl sites for hydroxylation is 1. The van der Waals surface area contributed by atoms with E-state index in [1.54, 1.807) is 19.3 Å². The van der Waals surface area contributed by atoms with Gasteiger partial charge in [0.2, 0.25) is 0 Å². The second-order valence-electron chi connectivity index (χ2n) is 3.58. The molecule has 1 rings (SSSR count). The van der Waals surface area contributed by atoms with Crippen LogP contribution in [-0.2, 0) is 11.3 Å². The molecule has 0 aromatic carbocycles. The van der Waals surface area contributed by atoms with Gasteiger partial charge in [0.25, 0.3) is 0 Å². The SMILES string of the molecule is Cc1ncc(CN[C@H](C(=O)O)[C@H](C)O)cn1. The number of aliphatic hydroxyl groups excluding tert-OH is 1. The van der Waals surface area contributed by atoms with Gasteiger partial charge in [-0.3, -0.25) is 10.1 Å². The van der Waals surface area contributed by atoms with Crippen molar-refractivity contribution in [1.82, 2.24) is 15.3 Å². The van der Waals surface area contributed by atoms with Crippen LogP contribution in [0.4, 0.5) is 0 Å². The number of carboxylic acids is 1. The molecule has 6 nitrogen and oxygen atoms in total. The number of nitrogens with zero attached hydrogens (tertiary/aromatic N) is 2. The van der Waals surface area contributed by atoms with Crippen LogP contribution in [0.15, 0.2) is 12.4 Å². The summed E-state index contributed by atoms with van der Waals surface area (Å²) in [6.07, 6.45) is 2.29. The Balaban J connectivity index is 2.55. The summed E-state index contributed by atoms with van der Waals surface area (Å²) in [5.74, 6) is -0.419. The number of aliphatic hydroxyl groups is 1. The molecular formula is C10H15N3O3. The normalized spacial score (nSPS) is 14.4. The zero-order valence-corrected chi connectivity index (χ0v) is 9.21. The van der Waals surface area contributed by atoms with E-state index in [4.69, 9.17) is 5.11 Å². The Morgan fingerprint density at radius 1 is 1.50 bits per heavy atom. The van der Waals surface area contributed by atoms with Gasteiger partial charge in [0.1, 0.15) is 11.9 Å². The average molecular weight is 225 g/mol. The van der Waals surface area contributed by atoms with Gasteiger partial charge in [0, 0.05) is 24.5 Å². The lowest BCUT2D eigenvalue weighted by molar-refractivity contribution is -0.142. The zero-order chi connectivity index (χ0) is 12.1. The monoisotopic (exact) mass is 225 g/mol. The van der Waals surface area contributed by atoms with E-state index in [9.17, 15) is 9.90 Å². The molecule has 0 unspecified atom stereocenters. The van der Waals surface area contributed by atoms with Crippen molar-refractivity contribution >= 4 is 5.97 Å². The molecule has 0 saturated carbocycles. The van der Waals surface area contributed by atoms with Gasteiger partial charge in [-0.05, 0) is 13.8 Å². The minimum atomic E-state index is -1.08. The number of carboxylic acid groups (broad SMARTS) is 1. The number of aromatic nitrogens is 2. The summed E-state index contributed by atoms with van der Waals surface area (Å²) >= 11 is 0. The van der Waals surface area contributed by atoms with Crippen molar-refractivity contribution < 1.29 is 15.0 Å². The molecule has 1 aromatic heterocycles. The van der Waals surface area contributed by atoms with E-state index in [-0.39, 0.29) is 0 Å². The quantitative estimate of drug-likeness (QED) is 0.637. The molecule has 0 fully saturated rings. The fraction of sp³-hybridized carbons (Fsp3) is 0.500. The summed E-state index contributed by atoms with van der Waals surface area (Å²) in [7, 11) is 0. The third-order valence-electron chi connectivity index (χ3n) is 2.11. The number of nitrogens with one attached hydrogen (secondary N) is 1. The van der Waals surface area contributed by atoms with Crippen LogP contribution < -0.4 is 5.32 Å². The van der Waals surface area contributed by atoms with Crippen molar-refractivity contribution in [3.63, 3.8) is 0 Å². The highest BCUT2D eigenvalue weighted by Crippen LogP contribution is 1.98. The Hall–Kier alpha value is -1.53. The molecule has 0 radical (unpaired) electrons. The van der Waals surface area contributed by atoms with Crippen LogP contribution in [0, 0.1) is 6.92 Å². The van der Waals surface area contributed by atoms with Crippen LogP contribution in [0.5, 0.6) is 0 Å². The molecule has 2 atom stereocenters. The van der Waals surface area contributed by atoms with Crippen molar-refractivity contribution in [2.75, 3.05) is 0 Å². The van der Waals surface area contributed by atoms with Crippen LogP contribution in [0.2, 0.25) is 0 Å². The Morgan fingerprint density at radius 2 is 2.06 bits per heavy atom. The highest BCUT2D eigenvalue weighted by Gasteiger charge is 2.21. The van der Waals surface area contributed by atoms with E-state index in [0.29, 0.717) is 12.4 Å². The Morgan fingerprint density at radius 3 is 2.50 bits per heavy atom. The van der Waals surface area contributed by atoms with E-state index in [2.05, 4.69) is 15.3 Å². The highest BCUT2D eigenvalue weighted by molar-refractivity contribution is 5.74. The van der Waals surface area contributed by atoms with Gasteiger partial charge in [-0.15, -0.1) is 0 Å². The standard InChI is InChI=1S/C10H15N3O3/c1-6(14)9(10(15)16)13-5-8-3-11-7(2)12-4-8/h3-4,6,9,13-14H,5H2,1-2H3,(H,15,16)/t6-,9-/m0/s1. The van der Waals surface area contributed by atoms with Crippen LogP contribution in [0.25, 0.3) is 0 Å². The van der Waals surface area contributed by atoms with Gasteiger partial charge in [-0.25, -0.2) is 9.97 Å². The van der Waals surface area contributed by atoms with Gasteiger partial charge in [-0.1, -0.05) is 0 Å². The average Bonchev–Trinajstić information content (AvgIpc) is 2.20. The van der Waals surface area contributed by atoms with Gasteiger partial charge in [-0.2, -0.15) is 0 Å². The molecule has 0 aliphatic carbocycles. The van der Waals surface area contributed by atoms with Crippen molar-refractivity contribution in [3.05, 3.63) is 23.8 Å². The Kier molecular flexibility index (Phi) is 4.33. The third kappa shape index (κ3) is 3.56. The molecule has 0 bridgehead atoms. The first-order chi connectivity index (χ1) is 7.50. The number of carbonyl (C=O) groups is 1. The molecule has 16 heavy (non-hydrogen) atoms. The second kappa shape index (κ2) is 5.53. The van der Waals surface area contributed by atoms with Crippen LogP contribution in [0.3, 0.4) is 0 Å². The number of rotatable bonds is 5. The Labute approximate surface area is 93.4 Å². The summed E-state index contributed by atoms with van der Waals surface area (Å²) < 4.78 is 0. The summed E-state index contributed by atoms with van der Waals surface area (Å²) in [6.45, 7) is 3.51. The first-order valence-corrected chi connectivity index (χ1v) is 4.92. The van der Waals surface area contributed by atoms with E-state index < -0.39 is 18.1 Å². The Bertz CT molecular complexity index is 351. The lowest BCUT2D eigenvalue weighted by Crippen LogP contribution is -2.44. The first kappa shape index (κ1) is 12.5. The minimum Gasteiger partial charge on any atom is -0.480 e. The molecule has 88 valence electrons. The van der Waals surface area contributed by atoms with Crippen molar-refractivity contribution in [2.24, 2.45) is 0 Å². The molecule has 0 amide bonds. The summed E-state index contributed by atoms with van der Waals surface area (Å²) in [6, 6.07) is -0.985. The fourth-order valence-electron chi connectivity index (χ4n) is 1.20. The summed E-state index contributed by atoms with van der Waals surface area (Å²) in [4.78, 5) is 18.7. The summed E-state index contributed by atoms with van der Waals surface area (Å²) in [5.41, 5.74) is 0.775. The molecule has 3 N–H and O–H groups in total. The van der Waals surface area contributed by atoms with Gasteiger partial charge in [0.05, 0.1) is 6.10 Å². The second-order valence-corrected chi connectivity index (χ2v) is 3.58. The maximum absolute atomic E-state index is 10.8. The van der Waals surface area contributed by atoms with Crippen molar-refractivity contribution in [1.29, 1.82) is 0 Å². The van der Waals surface area contributed by atoms with Crippen LogP contribution >= 0.6 is 0 Å². The lowest BCUT2D eigenvalue weighted by atomic mass is 10.2. The number of hydrogen-bond acceptors (Lipinski definition) is 5. The molecule has 0 aliphatic heterocycles. The lowest BCUT2D eigenvalue weighted by Gasteiger charge is -2.16. The molecule has 1 aromatic rings. The van der Waals surface area contributed by atoms with Crippen LogP contribution in [-0.4, -0.2) is 38.3 Å². The van der Waals surface area contributed by atoms with E-state index in [0.717, 1.165) is 5.56 Å². The van der Waals surface area contributed by atoms with Crippen molar-refractivity contribution in [2.45, 2.75) is 32.5 Å².